The van der Waals surface area contributed by atoms with Crippen molar-refractivity contribution >= 4 is 5.82 Å². The van der Waals surface area contributed by atoms with Crippen molar-refractivity contribution < 1.29 is 0 Å². The minimum Gasteiger partial charge on any atom is -0.353 e. The Morgan fingerprint density at radius 1 is 1.25 bits per heavy atom. The van der Waals surface area contributed by atoms with Crippen LogP contribution in [0.4, 0.5) is 5.82 Å². The van der Waals surface area contributed by atoms with Crippen molar-refractivity contribution in [1.29, 1.82) is 0 Å². The number of H-pyrrole nitrogens is 1. The molecule has 1 fully saturated rings. The molecule has 2 aliphatic rings. The fourth-order valence-corrected chi connectivity index (χ4v) is 2.88. The number of nitrogens with one attached hydrogen (secondary N) is 1. The van der Waals surface area contributed by atoms with Crippen molar-refractivity contribution in [2.75, 3.05) is 18.0 Å². The van der Waals surface area contributed by atoms with E-state index in [0.29, 0.717) is 6.04 Å². The molecule has 1 aromatic heterocycles. The minimum atomic E-state index is 0.332. The third-order valence-electron chi connectivity index (χ3n) is 3.81. The Morgan fingerprint density at radius 3 is 2.94 bits per heavy atom. The SMILES string of the molecule is NC1CCN(c2n[nH]c3c2CCCCC3)C1. The second kappa shape index (κ2) is 4.09. The van der Waals surface area contributed by atoms with Crippen LogP contribution in [0.1, 0.15) is 36.9 Å². The molecule has 4 heteroatoms. The molecule has 2 heterocycles. The summed E-state index contributed by atoms with van der Waals surface area (Å²) in [4.78, 5) is 2.35. The number of hydrogen-bond acceptors (Lipinski definition) is 3. The predicted octanol–water partition coefficient (Wildman–Crippen LogP) is 1.22. The van der Waals surface area contributed by atoms with Crippen molar-refractivity contribution in [2.24, 2.45) is 5.73 Å². The Balaban J connectivity index is 1.87. The van der Waals surface area contributed by atoms with Crippen molar-refractivity contribution in [3.63, 3.8) is 0 Å². The van der Waals surface area contributed by atoms with Gasteiger partial charge in [0, 0.05) is 30.4 Å². The van der Waals surface area contributed by atoms with Gasteiger partial charge in [0.1, 0.15) is 0 Å². The zero-order valence-corrected chi connectivity index (χ0v) is 9.71. The highest BCUT2D eigenvalue weighted by Gasteiger charge is 2.25. The molecule has 1 unspecified atom stereocenters. The molecule has 1 saturated heterocycles. The average Bonchev–Trinajstić information content (AvgIpc) is 2.79. The summed E-state index contributed by atoms with van der Waals surface area (Å²) in [6.07, 6.45) is 7.41. The molecular weight excluding hydrogens is 200 g/mol. The van der Waals surface area contributed by atoms with E-state index in [0.717, 1.165) is 19.5 Å². The van der Waals surface area contributed by atoms with Gasteiger partial charge in [0.2, 0.25) is 0 Å². The van der Waals surface area contributed by atoms with Gasteiger partial charge >= 0.3 is 0 Å². The van der Waals surface area contributed by atoms with Gasteiger partial charge in [-0.1, -0.05) is 6.42 Å². The summed E-state index contributed by atoms with van der Waals surface area (Å²) in [5.41, 5.74) is 8.79. The van der Waals surface area contributed by atoms with Gasteiger partial charge < -0.3 is 10.6 Å². The van der Waals surface area contributed by atoms with E-state index in [-0.39, 0.29) is 0 Å². The van der Waals surface area contributed by atoms with Crippen molar-refractivity contribution in [3.8, 4) is 0 Å². The molecule has 1 aromatic rings. The van der Waals surface area contributed by atoms with Crippen LogP contribution in [0.25, 0.3) is 0 Å². The molecule has 4 nitrogen and oxygen atoms in total. The molecule has 0 bridgehead atoms. The van der Waals surface area contributed by atoms with Gasteiger partial charge in [0.25, 0.3) is 0 Å². The molecule has 3 N–H and O–H groups in total. The minimum absolute atomic E-state index is 0.332. The van der Waals surface area contributed by atoms with Crippen LogP contribution >= 0.6 is 0 Å². The molecule has 16 heavy (non-hydrogen) atoms. The van der Waals surface area contributed by atoms with Gasteiger partial charge in [-0.15, -0.1) is 0 Å². The number of nitrogens with zero attached hydrogens (tertiary/aromatic N) is 2. The number of aryl methyl sites for hydroxylation is 1. The number of nitrogens with two attached hydrogens (primary N) is 1. The topological polar surface area (TPSA) is 57.9 Å². The highest BCUT2D eigenvalue weighted by atomic mass is 15.3. The fourth-order valence-electron chi connectivity index (χ4n) is 2.88. The molecule has 0 radical (unpaired) electrons. The van der Waals surface area contributed by atoms with E-state index in [4.69, 9.17) is 5.73 Å². The first-order chi connectivity index (χ1) is 7.84. The van der Waals surface area contributed by atoms with Gasteiger partial charge in [0.05, 0.1) is 0 Å². The second-order valence-electron chi connectivity index (χ2n) is 5.06. The number of fused-ring (bicyclic) bond motifs is 1. The third kappa shape index (κ3) is 1.71. The predicted molar refractivity (Wildman–Crippen MR) is 64.7 cm³/mol. The molecule has 88 valence electrons. The molecule has 0 amide bonds. The zero-order valence-electron chi connectivity index (χ0n) is 9.71. The van der Waals surface area contributed by atoms with Gasteiger partial charge in [-0.3, -0.25) is 5.10 Å². The summed E-state index contributed by atoms with van der Waals surface area (Å²) in [5, 5.41) is 7.73. The van der Waals surface area contributed by atoms with Crippen LogP contribution < -0.4 is 10.6 Å². The maximum atomic E-state index is 5.96. The maximum Gasteiger partial charge on any atom is 0.153 e. The Hall–Kier alpha value is -1.03. The summed E-state index contributed by atoms with van der Waals surface area (Å²) < 4.78 is 0. The van der Waals surface area contributed by atoms with Crippen molar-refractivity contribution in [3.05, 3.63) is 11.3 Å². The van der Waals surface area contributed by atoms with Crippen LogP contribution in [0.15, 0.2) is 0 Å². The van der Waals surface area contributed by atoms with E-state index >= 15 is 0 Å². The van der Waals surface area contributed by atoms with E-state index in [1.54, 1.807) is 0 Å². The van der Waals surface area contributed by atoms with Crippen LogP contribution in [-0.4, -0.2) is 29.3 Å². The summed E-state index contributed by atoms with van der Waals surface area (Å²) in [6.45, 7) is 2.04. The average molecular weight is 220 g/mol. The molecule has 0 aromatic carbocycles. The summed E-state index contributed by atoms with van der Waals surface area (Å²) in [6, 6.07) is 0.332. The first kappa shape index (κ1) is 10.1. The van der Waals surface area contributed by atoms with Gasteiger partial charge in [-0.25, -0.2) is 0 Å². The quantitative estimate of drug-likeness (QED) is 0.700. The summed E-state index contributed by atoms with van der Waals surface area (Å²) >= 11 is 0. The Kier molecular flexibility index (Phi) is 2.59. The second-order valence-corrected chi connectivity index (χ2v) is 5.06. The van der Waals surface area contributed by atoms with E-state index in [2.05, 4.69) is 15.1 Å². The molecule has 1 aliphatic heterocycles. The molecule has 3 rings (SSSR count). The van der Waals surface area contributed by atoms with Crippen molar-refractivity contribution in [1.82, 2.24) is 10.2 Å². The van der Waals surface area contributed by atoms with E-state index in [1.807, 2.05) is 0 Å². The standard InChI is InChI=1S/C12H20N4/c13-9-6-7-16(8-9)12-10-4-2-1-3-5-11(10)14-15-12/h9H,1-8,13H2,(H,14,15). The molecule has 1 aliphatic carbocycles. The smallest absolute Gasteiger partial charge is 0.153 e. The third-order valence-corrected chi connectivity index (χ3v) is 3.81. The van der Waals surface area contributed by atoms with Crippen molar-refractivity contribution in [2.45, 2.75) is 44.6 Å². The lowest BCUT2D eigenvalue weighted by atomic mass is 10.1. The Labute approximate surface area is 96.2 Å². The fraction of sp³-hybridized carbons (Fsp3) is 0.750. The Morgan fingerprint density at radius 2 is 2.12 bits per heavy atom. The highest BCUT2D eigenvalue weighted by Crippen LogP contribution is 2.29. The van der Waals surface area contributed by atoms with Gasteiger partial charge in [-0.2, -0.15) is 5.10 Å². The van der Waals surface area contributed by atoms with E-state index in [9.17, 15) is 0 Å². The van der Waals surface area contributed by atoms with Crippen LogP contribution in [0.3, 0.4) is 0 Å². The molecule has 1 atom stereocenters. The van der Waals surface area contributed by atoms with E-state index < -0.39 is 0 Å². The lowest BCUT2D eigenvalue weighted by Crippen LogP contribution is -2.27. The van der Waals surface area contributed by atoms with Crippen LogP contribution in [0.5, 0.6) is 0 Å². The number of aromatic nitrogens is 2. The summed E-state index contributed by atoms with van der Waals surface area (Å²) in [5.74, 6) is 1.19. The monoisotopic (exact) mass is 220 g/mol. The number of anilines is 1. The zero-order chi connectivity index (χ0) is 11.0. The van der Waals surface area contributed by atoms with Crippen LogP contribution in [-0.2, 0) is 12.8 Å². The summed E-state index contributed by atoms with van der Waals surface area (Å²) in [7, 11) is 0. The van der Waals surface area contributed by atoms with Crippen LogP contribution in [0.2, 0.25) is 0 Å². The first-order valence-corrected chi connectivity index (χ1v) is 6.41. The number of rotatable bonds is 1. The highest BCUT2D eigenvalue weighted by molar-refractivity contribution is 5.50. The van der Waals surface area contributed by atoms with Gasteiger partial charge in [-0.05, 0) is 32.1 Å². The van der Waals surface area contributed by atoms with Crippen LogP contribution in [0, 0.1) is 0 Å². The lowest BCUT2D eigenvalue weighted by Gasteiger charge is -2.16. The first-order valence-electron chi connectivity index (χ1n) is 6.41. The normalized spacial score (nSPS) is 25.6. The molecular formula is C12H20N4. The van der Waals surface area contributed by atoms with Gasteiger partial charge in [0.15, 0.2) is 5.82 Å². The molecule has 0 spiro atoms. The number of hydrogen-bond donors (Lipinski definition) is 2. The molecule has 0 saturated carbocycles. The number of aromatic amines is 1. The lowest BCUT2D eigenvalue weighted by molar-refractivity contribution is 0.700. The largest absolute Gasteiger partial charge is 0.353 e. The maximum absolute atomic E-state index is 5.96. The van der Waals surface area contributed by atoms with E-state index in [1.165, 1.54) is 49.2 Å². The Bertz CT molecular complexity index is 371.